The van der Waals surface area contributed by atoms with Crippen LogP contribution < -0.4 is 10.1 Å². The number of hydrogen-bond acceptors (Lipinski definition) is 6. The SMILES string of the molecule is CN(C(=O)Oc1ccc(F)cc1)[C@]1(C(=O)C2CCN(C(=O)c3ccc(C(F)(F)F)cn3)CC2)CNC[C@H]1c1ccc(F)cc1. The summed E-state index contributed by atoms with van der Waals surface area (Å²) in [5.41, 5.74) is -1.92. The van der Waals surface area contributed by atoms with Crippen LogP contribution in [0.15, 0.2) is 66.9 Å². The zero-order chi connectivity index (χ0) is 31.6. The molecule has 2 aliphatic heterocycles. The third-order valence-corrected chi connectivity index (χ3v) is 8.37. The van der Waals surface area contributed by atoms with Gasteiger partial charge in [-0.1, -0.05) is 12.1 Å². The van der Waals surface area contributed by atoms with Gasteiger partial charge in [0.1, 0.15) is 28.6 Å². The summed E-state index contributed by atoms with van der Waals surface area (Å²) in [5, 5.41) is 3.20. The monoisotopic (exact) mass is 616 g/mol. The van der Waals surface area contributed by atoms with Crippen LogP contribution in [0, 0.1) is 17.6 Å². The Bertz CT molecular complexity index is 1510. The van der Waals surface area contributed by atoms with Crippen molar-refractivity contribution in [2.45, 2.75) is 30.5 Å². The Balaban J connectivity index is 1.37. The number of alkyl halides is 3. The Morgan fingerprint density at radius 1 is 0.955 bits per heavy atom. The van der Waals surface area contributed by atoms with E-state index in [-0.39, 0.29) is 49.7 Å². The molecule has 0 spiro atoms. The summed E-state index contributed by atoms with van der Waals surface area (Å²) in [6.07, 6.45) is -4.34. The van der Waals surface area contributed by atoms with E-state index in [9.17, 15) is 36.3 Å². The molecule has 2 saturated heterocycles. The fourth-order valence-corrected chi connectivity index (χ4v) is 5.95. The molecular formula is C31H29F5N4O4. The number of carbonyl (C=O) groups is 3. The Morgan fingerprint density at radius 2 is 1.57 bits per heavy atom. The molecule has 3 aromatic rings. The minimum absolute atomic E-state index is 0.0809. The van der Waals surface area contributed by atoms with Crippen LogP contribution in [0.2, 0.25) is 0 Å². The number of hydrogen-bond donors (Lipinski definition) is 1. The standard InChI is InChI=1S/C31H29F5N4O4/c1-39(29(43)44-24-9-7-23(33)8-10-24)30(18-37-17-25(30)19-2-5-22(32)6-3-19)27(41)20-12-14-40(15-13-20)28(42)26-11-4-21(16-38-26)31(34,35)36/h2-11,16,20,25,37H,12-15,17-18H2,1H3/t25-,30+/m0/s1. The van der Waals surface area contributed by atoms with Crippen molar-refractivity contribution in [2.24, 2.45) is 5.92 Å². The van der Waals surface area contributed by atoms with Crippen molar-refractivity contribution in [2.75, 3.05) is 33.2 Å². The Hall–Kier alpha value is -4.39. The first-order valence-corrected chi connectivity index (χ1v) is 13.9. The van der Waals surface area contributed by atoms with Crippen LogP contribution >= 0.6 is 0 Å². The van der Waals surface area contributed by atoms with Crippen molar-refractivity contribution in [1.82, 2.24) is 20.1 Å². The summed E-state index contributed by atoms with van der Waals surface area (Å²) < 4.78 is 71.4. The highest BCUT2D eigenvalue weighted by atomic mass is 19.4. The predicted octanol–water partition coefficient (Wildman–Crippen LogP) is 5.06. The average Bonchev–Trinajstić information content (AvgIpc) is 3.47. The molecule has 13 heteroatoms. The Kier molecular flexibility index (Phi) is 8.69. The van der Waals surface area contributed by atoms with Crippen molar-refractivity contribution in [3.8, 4) is 5.75 Å². The number of piperidine rings is 1. The number of ether oxygens (including phenoxy) is 1. The fourth-order valence-electron chi connectivity index (χ4n) is 5.95. The van der Waals surface area contributed by atoms with Gasteiger partial charge < -0.3 is 15.0 Å². The lowest BCUT2D eigenvalue weighted by Crippen LogP contribution is -2.62. The molecule has 1 N–H and O–H groups in total. The van der Waals surface area contributed by atoms with Crippen molar-refractivity contribution >= 4 is 17.8 Å². The topological polar surface area (TPSA) is 91.8 Å². The van der Waals surface area contributed by atoms with Gasteiger partial charge in [0.15, 0.2) is 5.78 Å². The van der Waals surface area contributed by atoms with Crippen molar-refractivity contribution in [1.29, 1.82) is 0 Å². The second-order valence-corrected chi connectivity index (χ2v) is 10.9. The van der Waals surface area contributed by atoms with Crippen molar-refractivity contribution in [3.63, 3.8) is 0 Å². The van der Waals surface area contributed by atoms with Gasteiger partial charge in [-0.2, -0.15) is 13.2 Å². The molecule has 3 heterocycles. The van der Waals surface area contributed by atoms with E-state index < -0.39 is 52.7 Å². The molecule has 2 aliphatic rings. The van der Waals surface area contributed by atoms with E-state index in [0.29, 0.717) is 18.3 Å². The van der Waals surface area contributed by atoms with Crippen LogP contribution in [-0.2, 0) is 11.0 Å². The number of rotatable bonds is 6. The number of pyridine rings is 1. The van der Waals surface area contributed by atoms with E-state index in [0.717, 1.165) is 24.3 Å². The number of benzene rings is 2. The number of likely N-dealkylation sites (tertiary alicyclic amines) is 1. The van der Waals surface area contributed by atoms with Crippen molar-refractivity contribution in [3.05, 3.63) is 95.3 Å². The number of Topliss-reactive ketones (excluding diaryl/α,β-unsaturated/α-hetero) is 1. The van der Waals surface area contributed by atoms with E-state index in [2.05, 4.69) is 10.3 Å². The fraction of sp³-hybridized carbons (Fsp3) is 0.355. The lowest BCUT2D eigenvalue weighted by molar-refractivity contribution is -0.138. The van der Waals surface area contributed by atoms with E-state index >= 15 is 0 Å². The minimum Gasteiger partial charge on any atom is -0.410 e. The van der Waals surface area contributed by atoms with Gasteiger partial charge in [-0.15, -0.1) is 0 Å². The third kappa shape index (κ3) is 6.14. The summed E-state index contributed by atoms with van der Waals surface area (Å²) in [4.78, 5) is 47.2. The van der Waals surface area contributed by atoms with Gasteiger partial charge in [-0.3, -0.25) is 19.5 Å². The maximum atomic E-state index is 14.5. The normalized spacial score (nSPS) is 20.8. The maximum absolute atomic E-state index is 14.5. The Morgan fingerprint density at radius 3 is 2.14 bits per heavy atom. The van der Waals surface area contributed by atoms with Crippen LogP contribution in [-0.4, -0.2) is 71.3 Å². The van der Waals surface area contributed by atoms with Crippen LogP contribution in [0.4, 0.5) is 26.7 Å². The van der Waals surface area contributed by atoms with Crippen LogP contribution in [0.25, 0.3) is 0 Å². The van der Waals surface area contributed by atoms with Crippen LogP contribution in [0.1, 0.15) is 40.4 Å². The number of carbonyl (C=O) groups excluding carboxylic acids is 3. The molecule has 0 unspecified atom stereocenters. The molecular weight excluding hydrogens is 587 g/mol. The molecule has 2 atom stereocenters. The van der Waals surface area contributed by atoms with Gasteiger partial charge in [0.05, 0.1) is 5.56 Å². The summed E-state index contributed by atoms with van der Waals surface area (Å²) in [6.45, 7) is 0.679. The van der Waals surface area contributed by atoms with E-state index in [1.807, 2.05) is 0 Å². The Labute approximate surface area is 249 Å². The first-order chi connectivity index (χ1) is 20.9. The van der Waals surface area contributed by atoms with Crippen molar-refractivity contribution < 1.29 is 41.1 Å². The van der Waals surface area contributed by atoms with Gasteiger partial charge in [-0.05, 0) is 66.9 Å². The second-order valence-electron chi connectivity index (χ2n) is 10.9. The number of aromatic nitrogens is 1. The molecule has 44 heavy (non-hydrogen) atoms. The number of ketones is 1. The van der Waals surface area contributed by atoms with Crippen LogP contribution in [0.5, 0.6) is 5.75 Å². The summed E-state index contributed by atoms with van der Waals surface area (Å²) >= 11 is 0. The van der Waals surface area contributed by atoms with Gasteiger partial charge in [0.25, 0.3) is 5.91 Å². The molecule has 0 bridgehead atoms. The minimum atomic E-state index is -4.58. The quantitative estimate of drug-likeness (QED) is 0.390. The molecule has 0 aliphatic carbocycles. The molecule has 0 saturated carbocycles. The molecule has 2 fully saturated rings. The average molecular weight is 617 g/mol. The lowest BCUT2D eigenvalue weighted by Gasteiger charge is -2.44. The van der Waals surface area contributed by atoms with Gasteiger partial charge in [0.2, 0.25) is 0 Å². The number of nitrogens with zero attached hydrogens (tertiary/aromatic N) is 3. The molecule has 232 valence electrons. The maximum Gasteiger partial charge on any atom is 0.417 e. The summed E-state index contributed by atoms with van der Waals surface area (Å²) in [6, 6.07) is 12.3. The molecule has 8 nitrogen and oxygen atoms in total. The molecule has 2 amide bonds. The third-order valence-electron chi connectivity index (χ3n) is 8.37. The first-order valence-electron chi connectivity index (χ1n) is 13.9. The highest BCUT2D eigenvalue weighted by Crippen LogP contribution is 2.41. The van der Waals surface area contributed by atoms with Crippen LogP contribution in [0.3, 0.4) is 0 Å². The number of nitrogens with one attached hydrogen (secondary N) is 1. The van der Waals surface area contributed by atoms with Gasteiger partial charge in [-0.25, -0.2) is 13.6 Å². The smallest absolute Gasteiger partial charge is 0.410 e. The zero-order valence-electron chi connectivity index (χ0n) is 23.6. The predicted molar refractivity (Wildman–Crippen MR) is 148 cm³/mol. The largest absolute Gasteiger partial charge is 0.417 e. The second kappa shape index (κ2) is 12.3. The first kappa shape index (κ1) is 31.0. The number of amides is 2. The highest BCUT2D eigenvalue weighted by molar-refractivity contribution is 5.96. The number of halogens is 5. The summed E-state index contributed by atoms with van der Waals surface area (Å²) in [7, 11) is 1.45. The lowest BCUT2D eigenvalue weighted by atomic mass is 9.72. The van der Waals surface area contributed by atoms with Gasteiger partial charge >= 0.3 is 12.3 Å². The summed E-state index contributed by atoms with van der Waals surface area (Å²) in [5.74, 6) is -2.86. The van der Waals surface area contributed by atoms with Gasteiger partial charge in [0, 0.05) is 51.3 Å². The number of likely N-dealkylation sites (N-methyl/N-ethyl adjacent to an activating group) is 1. The molecule has 5 rings (SSSR count). The van der Waals surface area contributed by atoms with E-state index in [1.54, 1.807) is 12.1 Å². The molecule has 2 aromatic carbocycles. The zero-order valence-corrected chi connectivity index (χ0v) is 23.6. The van der Waals surface area contributed by atoms with E-state index in [4.69, 9.17) is 4.74 Å². The molecule has 1 aromatic heterocycles. The highest BCUT2D eigenvalue weighted by Gasteiger charge is 2.56. The molecule has 0 radical (unpaired) electrons. The van der Waals surface area contributed by atoms with E-state index in [1.165, 1.54) is 41.1 Å².